The highest BCUT2D eigenvalue weighted by Gasteiger charge is 2.30. The summed E-state index contributed by atoms with van der Waals surface area (Å²) < 4.78 is 37.7. The van der Waals surface area contributed by atoms with Crippen molar-refractivity contribution in [2.45, 2.75) is 6.18 Å². The van der Waals surface area contributed by atoms with E-state index in [2.05, 4.69) is 5.32 Å². The maximum atomic E-state index is 12.6. The SMILES string of the molecule is Nc1cc(Cl)ccc1Nc1cccc(C(F)(F)F)c1. The summed E-state index contributed by atoms with van der Waals surface area (Å²) in [6.07, 6.45) is -4.37. The third-order valence-electron chi connectivity index (χ3n) is 2.48. The number of nitrogens with two attached hydrogens (primary N) is 1. The molecule has 0 saturated heterocycles. The highest BCUT2D eigenvalue weighted by molar-refractivity contribution is 6.31. The van der Waals surface area contributed by atoms with Gasteiger partial charge in [-0.3, -0.25) is 0 Å². The predicted octanol–water partition coefficient (Wildman–Crippen LogP) is 4.68. The summed E-state index contributed by atoms with van der Waals surface area (Å²) in [5, 5.41) is 3.29. The molecule has 2 nitrogen and oxygen atoms in total. The molecule has 2 rings (SSSR count). The van der Waals surface area contributed by atoms with Crippen LogP contribution in [0.4, 0.5) is 30.2 Å². The Labute approximate surface area is 113 Å². The fourth-order valence-corrected chi connectivity index (χ4v) is 1.76. The Kier molecular flexibility index (Phi) is 3.57. The molecule has 0 heterocycles. The lowest BCUT2D eigenvalue weighted by Gasteiger charge is -2.12. The molecular formula is C13H10ClF3N2. The average molecular weight is 287 g/mol. The topological polar surface area (TPSA) is 38.0 Å². The van der Waals surface area contributed by atoms with E-state index in [0.717, 1.165) is 12.1 Å². The molecule has 0 aliphatic heterocycles. The van der Waals surface area contributed by atoms with Gasteiger partial charge < -0.3 is 11.1 Å². The molecule has 100 valence electrons. The fourth-order valence-electron chi connectivity index (χ4n) is 1.58. The lowest BCUT2D eigenvalue weighted by atomic mass is 10.2. The lowest BCUT2D eigenvalue weighted by molar-refractivity contribution is -0.137. The van der Waals surface area contributed by atoms with Crippen molar-refractivity contribution < 1.29 is 13.2 Å². The molecule has 3 N–H and O–H groups in total. The van der Waals surface area contributed by atoms with Crippen LogP contribution in [-0.4, -0.2) is 0 Å². The zero-order chi connectivity index (χ0) is 14.0. The Bertz CT molecular complexity index is 597. The van der Waals surface area contributed by atoms with Crippen LogP contribution in [0.15, 0.2) is 42.5 Å². The van der Waals surface area contributed by atoms with Crippen molar-refractivity contribution >= 4 is 28.7 Å². The van der Waals surface area contributed by atoms with E-state index in [4.69, 9.17) is 17.3 Å². The summed E-state index contributed by atoms with van der Waals surface area (Å²) in [4.78, 5) is 0. The molecule has 0 radical (unpaired) electrons. The van der Waals surface area contributed by atoms with E-state index in [1.807, 2.05) is 0 Å². The predicted molar refractivity (Wildman–Crippen MR) is 70.6 cm³/mol. The lowest BCUT2D eigenvalue weighted by Crippen LogP contribution is -2.05. The monoisotopic (exact) mass is 286 g/mol. The number of anilines is 3. The Morgan fingerprint density at radius 2 is 1.79 bits per heavy atom. The van der Waals surface area contributed by atoms with E-state index in [-0.39, 0.29) is 0 Å². The molecular weight excluding hydrogens is 277 g/mol. The first-order valence-electron chi connectivity index (χ1n) is 5.35. The second-order valence-electron chi connectivity index (χ2n) is 3.94. The van der Waals surface area contributed by atoms with E-state index in [9.17, 15) is 13.2 Å². The van der Waals surface area contributed by atoms with Gasteiger partial charge in [0.05, 0.1) is 16.9 Å². The quantitative estimate of drug-likeness (QED) is 0.786. The number of alkyl halides is 3. The molecule has 0 unspecified atom stereocenters. The molecule has 0 aliphatic carbocycles. The molecule has 19 heavy (non-hydrogen) atoms. The van der Waals surface area contributed by atoms with Gasteiger partial charge in [0, 0.05) is 10.7 Å². The van der Waals surface area contributed by atoms with Crippen LogP contribution in [0.3, 0.4) is 0 Å². The summed E-state index contributed by atoms with van der Waals surface area (Å²) >= 11 is 5.75. The van der Waals surface area contributed by atoms with Gasteiger partial charge in [0.2, 0.25) is 0 Å². The van der Waals surface area contributed by atoms with Crippen molar-refractivity contribution in [2.75, 3.05) is 11.1 Å². The van der Waals surface area contributed by atoms with Crippen molar-refractivity contribution in [1.82, 2.24) is 0 Å². The van der Waals surface area contributed by atoms with Gasteiger partial charge in [-0.25, -0.2) is 0 Å². The van der Waals surface area contributed by atoms with Crippen LogP contribution in [0.25, 0.3) is 0 Å². The Hall–Kier alpha value is -1.88. The molecule has 0 bridgehead atoms. The van der Waals surface area contributed by atoms with E-state index in [0.29, 0.717) is 22.1 Å². The minimum atomic E-state index is -4.37. The zero-order valence-corrected chi connectivity index (χ0v) is 10.4. The number of hydrogen-bond donors (Lipinski definition) is 2. The molecule has 2 aromatic carbocycles. The number of benzene rings is 2. The Morgan fingerprint density at radius 1 is 1.05 bits per heavy atom. The normalized spacial score (nSPS) is 11.4. The third-order valence-corrected chi connectivity index (χ3v) is 2.72. The molecule has 0 spiro atoms. The van der Waals surface area contributed by atoms with E-state index in [1.165, 1.54) is 18.2 Å². The van der Waals surface area contributed by atoms with Gasteiger partial charge in [-0.15, -0.1) is 0 Å². The highest BCUT2D eigenvalue weighted by atomic mass is 35.5. The first-order valence-corrected chi connectivity index (χ1v) is 5.73. The Balaban J connectivity index is 2.29. The van der Waals surface area contributed by atoms with Crippen molar-refractivity contribution in [3.8, 4) is 0 Å². The number of rotatable bonds is 2. The maximum absolute atomic E-state index is 12.6. The van der Waals surface area contributed by atoms with Crippen LogP contribution < -0.4 is 11.1 Å². The van der Waals surface area contributed by atoms with Crippen LogP contribution in [0.2, 0.25) is 5.02 Å². The van der Waals surface area contributed by atoms with Crippen molar-refractivity contribution in [3.05, 3.63) is 53.1 Å². The summed E-state index contributed by atoms with van der Waals surface area (Å²) in [6, 6.07) is 9.63. The van der Waals surface area contributed by atoms with Crippen LogP contribution in [0.1, 0.15) is 5.56 Å². The van der Waals surface area contributed by atoms with Gasteiger partial charge in [0.1, 0.15) is 0 Å². The van der Waals surface area contributed by atoms with E-state index >= 15 is 0 Å². The first kappa shape index (κ1) is 13.5. The van der Waals surface area contributed by atoms with Crippen molar-refractivity contribution in [2.24, 2.45) is 0 Å². The molecule has 0 amide bonds. The molecule has 0 saturated carbocycles. The number of hydrogen-bond acceptors (Lipinski definition) is 2. The second kappa shape index (κ2) is 5.01. The second-order valence-corrected chi connectivity index (χ2v) is 4.37. The fraction of sp³-hybridized carbons (Fsp3) is 0.0769. The van der Waals surface area contributed by atoms with Gasteiger partial charge in [0.25, 0.3) is 0 Å². The van der Waals surface area contributed by atoms with Gasteiger partial charge >= 0.3 is 6.18 Å². The molecule has 0 aliphatic rings. The molecule has 6 heteroatoms. The van der Waals surface area contributed by atoms with E-state index in [1.54, 1.807) is 12.1 Å². The highest BCUT2D eigenvalue weighted by Crippen LogP contribution is 2.32. The van der Waals surface area contributed by atoms with Crippen molar-refractivity contribution in [1.29, 1.82) is 0 Å². The van der Waals surface area contributed by atoms with Crippen LogP contribution in [0.5, 0.6) is 0 Å². The standard InChI is InChI=1S/C13H10ClF3N2/c14-9-4-5-12(11(18)7-9)19-10-3-1-2-8(6-10)13(15,16)17/h1-7,19H,18H2. The van der Waals surface area contributed by atoms with Gasteiger partial charge in [-0.05, 0) is 36.4 Å². The third kappa shape index (κ3) is 3.32. The minimum Gasteiger partial charge on any atom is -0.397 e. The van der Waals surface area contributed by atoms with Crippen LogP contribution >= 0.6 is 11.6 Å². The largest absolute Gasteiger partial charge is 0.416 e. The van der Waals surface area contributed by atoms with Crippen molar-refractivity contribution in [3.63, 3.8) is 0 Å². The molecule has 2 aromatic rings. The van der Waals surface area contributed by atoms with Gasteiger partial charge in [-0.2, -0.15) is 13.2 Å². The zero-order valence-electron chi connectivity index (χ0n) is 9.63. The summed E-state index contributed by atoms with van der Waals surface area (Å²) in [5.41, 5.74) is 6.18. The van der Waals surface area contributed by atoms with Crippen LogP contribution in [-0.2, 0) is 6.18 Å². The number of nitrogen functional groups attached to an aromatic ring is 1. The summed E-state index contributed by atoms with van der Waals surface area (Å²) in [5.74, 6) is 0. The maximum Gasteiger partial charge on any atom is 0.416 e. The smallest absolute Gasteiger partial charge is 0.397 e. The summed E-state index contributed by atoms with van der Waals surface area (Å²) in [6.45, 7) is 0. The number of nitrogens with one attached hydrogen (secondary N) is 1. The molecule has 0 fully saturated rings. The number of halogens is 4. The first-order chi connectivity index (χ1) is 8.86. The molecule has 0 atom stereocenters. The van der Waals surface area contributed by atoms with Gasteiger partial charge in [0.15, 0.2) is 0 Å². The van der Waals surface area contributed by atoms with Gasteiger partial charge in [-0.1, -0.05) is 17.7 Å². The average Bonchev–Trinajstić information content (AvgIpc) is 2.32. The molecule has 0 aromatic heterocycles. The Morgan fingerprint density at radius 3 is 2.42 bits per heavy atom. The van der Waals surface area contributed by atoms with E-state index < -0.39 is 11.7 Å². The minimum absolute atomic E-state index is 0.309. The summed E-state index contributed by atoms with van der Waals surface area (Å²) in [7, 11) is 0. The van der Waals surface area contributed by atoms with Crippen LogP contribution in [0, 0.1) is 0 Å².